The van der Waals surface area contributed by atoms with Gasteiger partial charge in [0.05, 0.1) is 20.3 Å². The van der Waals surface area contributed by atoms with Crippen molar-refractivity contribution in [1.82, 2.24) is 4.90 Å². The molecule has 0 bridgehead atoms. The molecule has 7 nitrogen and oxygen atoms in total. The van der Waals surface area contributed by atoms with E-state index in [1.54, 1.807) is 36.2 Å². The number of hydrogen-bond donors (Lipinski definition) is 1. The number of morpholine rings is 1. The molecule has 0 aliphatic carbocycles. The minimum atomic E-state index is -0.452. The first kappa shape index (κ1) is 18.7. The van der Waals surface area contributed by atoms with Crippen LogP contribution in [-0.4, -0.2) is 50.9 Å². The summed E-state index contributed by atoms with van der Waals surface area (Å²) in [6.45, 7) is 1.53. The number of benzene rings is 2. The van der Waals surface area contributed by atoms with E-state index >= 15 is 0 Å². The summed E-state index contributed by atoms with van der Waals surface area (Å²) >= 11 is 0. The first-order valence-electron chi connectivity index (χ1n) is 8.72. The lowest BCUT2D eigenvalue weighted by atomic mass is 10.1. The third kappa shape index (κ3) is 4.57. The van der Waals surface area contributed by atoms with Crippen LogP contribution < -0.4 is 10.2 Å². The number of nitrogens with one attached hydrogen (secondary N) is 1. The van der Waals surface area contributed by atoms with E-state index in [9.17, 15) is 9.59 Å². The zero-order valence-corrected chi connectivity index (χ0v) is 15.4. The average Bonchev–Trinajstić information content (AvgIpc) is 2.74. The number of rotatable bonds is 3. The van der Waals surface area contributed by atoms with Crippen LogP contribution in [0.4, 0.5) is 21.0 Å². The van der Waals surface area contributed by atoms with Gasteiger partial charge in [-0.1, -0.05) is 30.3 Å². The molecule has 1 saturated heterocycles. The van der Waals surface area contributed by atoms with Crippen LogP contribution in [0.25, 0.3) is 0 Å². The summed E-state index contributed by atoms with van der Waals surface area (Å²) in [7, 11) is 2.95. The molecule has 27 heavy (non-hydrogen) atoms. The van der Waals surface area contributed by atoms with Gasteiger partial charge < -0.3 is 19.7 Å². The minimum absolute atomic E-state index is 0.123. The Kier molecular flexibility index (Phi) is 5.93. The van der Waals surface area contributed by atoms with Crippen molar-refractivity contribution < 1.29 is 19.1 Å². The highest BCUT2D eigenvalue weighted by Crippen LogP contribution is 2.23. The van der Waals surface area contributed by atoms with Crippen LogP contribution in [0.3, 0.4) is 0 Å². The van der Waals surface area contributed by atoms with Crippen molar-refractivity contribution in [1.29, 1.82) is 0 Å². The molecule has 3 rings (SSSR count). The second kappa shape index (κ2) is 8.55. The SMILES string of the molecule is COC(=O)N(C)c1ccc(NC(=O)N2CCO[C@@H](c3ccccc3)C2)cc1. The van der Waals surface area contributed by atoms with E-state index < -0.39 is 6.09 Å². The highest BCUT2D eigenvalue weighted by Gasteiger charge is 2.25. The lowest BCUT2D eigenvalue weighted by molar-refractivity contribution is -0.0135. The number of amides is 3. The molecule has 1 fully saturated rings. The number of carbonyl (C=O) groups is 2. The fourth-order valence-electron chi connectivity index (χ4n) is 2.92. The van der Waals surface area contributed by atoms with Crippen LogP contribution in [0.1, 0.15) is 11.7 Å². The van der Waals surface area contributed by atoms with Crippen molar-refractivity contribution in [3.8, 4) is 0 Å². The van der Waals surface area contributed by atoms with Crippen LogP contribution in [0.15, 0.2) is 54.6 Å². The molecule has 2 aromatic rings. The second-order valence-corrected chi connectivity index (χ2v) is 6.22. The van der Waals surface area contributed by atoms with Crippen molar-refractivity contribution in [2.45, 2.75) is 6.10 Å². The lowest BCUT2D eigenvalue weighted by Gasteiger charge is -2.33. The molecule has 1 aliphatic rings. The molecule has 1 heterocycles. The number of carbonyl (C=O) groups excluding carboxylic acids is 2. The molecular formula is C20H23N3O4. The van der Waals surface area contributed by atoms with Crippen molar-refractivity contribution in [3.63, 3.8) is 0 Å². The molecule has 142 valence electrons. The number of anilines is 2. The van der Waals surface area contributed by atoms with E-state index in [4.69, 9.17) is 4.74 Å². The number of hydrogen-bond acceptors (Lipinski definition) is 4. The Labute approximate surface area is 158 Å². The third-order valence-corrected chi connectivity index (χ3v) is 4.48. The molecule has 0 aromatic heterocycles. The van der Waals surface area contributed by atoms with Gasteiger partial charge >= 0.3 is 12.1 Å². The molecule has 1 aliphatic heterocycles. The molecule has 0 saturated carbocycles. The zero-order chi connectivity index (χ0) is 19.2. The van der Waals surface area contributed by atoms with Gasteiger partial charge in [0.1, 0.15) is 6.10 Å². The zero-order valence-electron chi connectivity index (χ0n) is 15.4. The number of ether oxygens (including phenoxy) is 2. The summed E-state index contributed by atoms with van der Waals surface area (Å²) < 4.78 is 10.5. The van der Waals surface area contributed by atoms with Gasteiger partial charge in [-0.15, -0.1) is 0 Å². The normalized spacial score (nSPS) is 16.5. The van der Waals surface area contributed by atoms with Gasteiger partial charge in [-0.05, 0) is 29.8 Å². The van der Waals surface area contributed by atoms with Gasteiger partial charge in [-0.3, -0.25) is 4.90 Å². The molecule has 0 unspecified atom stereocenters. The molecule has 7 heteroatoms. The van der Waals surface area contributed by atoms with Crippen LogP contribution >= 0.6 is 0 Å². The van der Waals surface area contributed by atoms with Gasteiger partial charge in [0.2, 0.25) is 0 Å². The Morgan fingerprint density at radius 1 is 1.15 bits per heavy atom. The Hall–Kier alpha value is -3.06. The van der Waals surface area contributed by atoms with E-state index in [0.717, 1.165) is 5.56 Å². The quantitative estimate of drug-likeness (QED) is 0.899. The number of urea groups is 1. The second-order valence-electron chi connectivity index (χ2n) is 6.22. The highest BCUT2D eigenvalue weighted by atomic mass is 16.5. The smallest absolute Gasteiger partial charge is 0.413 e. The first-order chi connectivity index (χ1) is 13.1. The van der Waals surface area contributed by atoms with E-state index in [2.05, 4.69) is 10.1 Å². The van der Waals surface area contributed by atoms with Gasteiger partial charge in [-0.2, -0.15) is 0 Å². The van der Waals surface area contributed by atoms with Crippen molar-refractivity contribution in [2.24, 2.45) is 0 Å². The summed E-state index contributed by atoms with van der Waals surface area (Å²) in [4.78, 5) is 27.3. The first-order valence-corrected chi connectivity index (χ1v) is 8.72. The Morgan fingerprint density at radius 2 is 1.85 bits per heavy atom. The molecule has 3 amide bonds. The van der Waals surface area contributed by atoms with Gasteiger partial charge in [0, 0.05) is 25.0 Å². The average molecular weight is 369 g/mol. The van der Waals surface area contributed by atoms with Crippen molar-refractivity contribution in [3.05, 3.63) is 60.2 Å². The number of nitrogens with zero attached hydrogens (tertiary/aromatic N) is 2. The molecule has 2 aromatic carbocycles. The number of methoxy groups -OCH3 is 1. The predicted octanol–water partition coefficient (Wildman–Crippen LogP) is 3.49. The van der Waals surface area contributed by atoms with Gasteiger partial charge in [0.15, 0.2) is 0 Å². The molecule has 1 N–H and O–H groups in total. The minimum Gasteiger partial charge on any atom is -0.452 e. The van der Waals surface area contributed by atoms with Gasteiger partial charge in [-0.25, -0.2) is 9.59 Å². The van der Waals surface area contributed by atoms with Crippen LogP contribution in [0, 0.1) is 0 Å². The third-order valence-electron chi connectivity index (χ3n) is 4.48. The van der Waals surface area contributed by atoms with Crippen molar-refractivity contribution in [2.75, 3.05) is 44.1 Å². The van der Waals surface area contributed by atoms with E-state index in [-0.39, 0.29) is 12.1 Å². The fraction of sp³-hybridized carbons (Fsp3) is 0.300. The van der Waals surface area contributed by atoms with E-state index in [0.29, 0.717) is 31.1 Å². The molecular weight excluding hydrogens is 346 g/mol. The lowest BCUT2D eigenvalue weighted by Crippen LogP contribution is -2.44. The predicted molar refractivity (Wildman–Crippen MR) is 103 cm³/mol. The summed E-state index contributed by atoms with van der Waals surface area (Å²) in [5.74, 6) is 0. The van der Waals surface area contributed by atoms with Crippen LogP contribution in [0.2, 0.25) is 0 Å². The van der Waals surface area contributed by atoms with Crippen LogP contribution in [-0.2, 0) is 9.47 Å². The van der Waals surface area contributed by atoms with Crippen LogP contribution in [0.5, 0.6) is 0 Å². The Balaban J connectivity index is 1.60. The largest absolute Gasteiger partial charge is 0.452 e. The fourth-order valence-corrected chi connectivity index (χ4v) is 2.92. The maximum atomic E-state index is 12.6. The standard InChI is InChI=1S/C20H23N3O4/c1-22(20(25)26-2)17-10-8-16(9-11-17)21-19(24)23-12-13-27-18(14-23)15-6-4-3-5-7-15/h3-11,18H,12-14H2,1-2H3,(H,21,24)/t18-/m1/s1. The summed E-state index contributed by atoms with van der Waals surface area (Å²) in [6.07, 6.45) is -0.575. The highest BCUT2D eigenvalue weighted by molar-refractivity contribution is 5.91. The Bertz CT molecular complexity index is 780. The summed E-state index contributed by atoms with van der Waals surface area (Å²) in [5, 5.41) is 2.89. The van der Waals surface area contributed by atoms with Gasteiger partial charge in [0.25, 0.3) is 0 Å². The monoisotopic (exact) mass is 369 g/mol. The van der Waals surface area contributed by atoms with E-state index in [1.165, 1.54) is 12.0 Å². The molecule has 1 atom stereocenters. The molecule has 0 spiro atoms. The summed E-state index contributed by atoms with van der Waals surface area (Å²) in [5.41, 5.74) is 2.39. The van der Waals surface area contributed by atoms with E-state index in [1.807, 2.05) is 30.3 Å². The van der Waals surface area contributed by atoms with Crippen molar-refractivity contribution >= 4 is 23.5 Å². The maximum Gasteiger partial charge on any atom is 0.413 e. The summed E-state index contributed by atoms with van der Waals surface area (Å²) in [6, 6.07) is 16.7. The maximum absolute atomic E-state index is 12.6. The molecule has 0 radical (unpaired) electrons. The topological polar surface area (TPSA) is 71.1 Å². The Morgan fingerprint density at radius 3 is 2.52 bits per heavy atom.